The molecule has 6 rings (SSSR count). The van der Waals surface area contributed by atoms with Crippen LogP contribution in [0.25, 0.3) is 11.0 Å². The van der Waals surface area contributed by atoms with E-state index >= 15 is 4.39 Å². The second-order valence-corrected chi connectivity index (χ2v) is 9.27. The van der Waals surface area contributed by atoms with Gasteiger partial charge in [-0.2, -0.15) is 0 Å². The number of nitrogens with two attached hydrogens (primary N) is 1. The number of nitrogen functional groups attached to an aromatic ring is 1. The van der Waals surface area contributed by atoms with Gasteiger partial charge in [0.2, 0.25) is 0 Å². The van der Waals surface area contributed by atoms with Gasteiger partial charge in [0.25, 0.3) is 5.91 Å². The first-order chi connectivity index (χ1) is 15.5. The van der Waals surface area contributed by atoms with Gasteiger partial charge in [0, 0.05) is 23.4 Å². The number of nitrogens with zero attached hydrogens (tertiary/aromatic N) is 3. The zero-order valence-electron chi connectivity index (χ0n) is 18.0. The molecule has 2 aliphatic carbocycles. The second-order valence-electron chi connectivity index (χ2n) is 9.27. The number of hydrogen-bond acceptors (Lipinski definition) is 5. The lowest BCUT2D eigenvalue weighted by Gasteiger charge is -2.41. The minimum absolute atomic E-state index is 0.0697. The van der Waals surface area contributed by atoms with Gasteiger partial charge in [-0.3, -0.25) is 9.78 Å². The number of fused-ring (bicyclic) bond motifs is 3. The lowest BCUT2D eigenvalue weighted by molar-refractivity contribution is 0.0445. The third-order valence-corrected chi connectivity index (χ3v) is 7.19. The zero-order chi connectivity index (χ0) is 22.0. The molecule has 0 aromatic carbocycles. The van der Waals surface area contributed by atoms with Gasteiger partial charge in [0.1, 0.15) is 17.3 Å². The maximum absolute atomic E-state index is 15.0. The lowest BCUT2D eigenvalue weighted by Crippen LogP contribution is -2.46. The zero-order valence-corrected chi connectivity index (χ0v) is 18.0. The molecule has 0 radical (unpaired) electrons. The number of hydrogen-bond donors (Lipinski definition) is 2. The van der Waals surface area contributed by atoms with E-state index < -0.39 is 6.04 Å². The molecular weight excluding hydrogens is 409 g/mol. The monoisotopic (exact) mass is 435 g/mol. The van der Waals surface area contributed by atoms with Gasteiger partial charge < -0.3 is 20.4 Å². The van der Waals surface area contributed by atoms with Gasteiger partial charge >= 0.3 is 0 Å². The number of aromatic amines is 1. The van der Waals surface area contributed by atoms with Crippen LogP contribution in [0.15, 0.2) is 18.3 Å². The van der Waals surface area contributed by atoms with E-state index in [1.165, 1.54) is 0 Å². The molecule has 4 heterocycles. The van der Waals surface area contributed by atoms with Crippen LogP contribution in [-0.4, -0.2) is 31.8 Å². The van der Waals surface area contributed by atoms with Crippen molar-refractivity contribution in [2.75, 3.05) is 5.73 Å². The quantitative estimate of drug-likeness (QED) is 0.621. The topological polar surface area (TPSA) is 97.1 Å². The van der Waals surface area contributed by atoms with Gasteiger partial charge in [0.15, 0.2) is 0 Å². The predicted octanol–water partition coefficient (Wildman–Crippen LogP) is 4.34. The molecule has 166 valence electrons. The summed E-state index contributed by atoms with van der Waals surface area (Å²) >= 11 is 0. The van der Waals surface area contributed by atoms with Crippen LogP contribution in [0.1, 0.15) is 83.9 Å². The molecule has 1 aliphatic heterocycles. The van der Waals surface area contributed by atoms with Crippen LogP contribution < -0.4 is 5.73 Å². The van der Waals surface area contributed by atoms with Gasteiger partial charge in [-0.25, -0.2) is 9.37 Å². The number of anilines is 1. The number of ether oxygens (including phenoxy) is 1. The van der Waals surface area contributed by atoms with Crippen molar-refractivity contribution in [3.63, 3.8) is 0 Å². The van der Waals surface area contributed by atoms with Crippen molar-refractivity contribution >= 4 is 22.8 Å². The van der Waals surface area contributed by atoms with Crippen LogP contribution in [0.5, 0.6) is 0 Å². The molecule has 0 bridgehead atoms. The molecule has 2 saturated carbocycles. The molecule has 3 aliphatic rings. The Balaban J connectivity index is 1.36. The second kappa shape index (κ2) is 7.27. The van der Waals surface area contributed by atoms with Gasteiger partial charge in [-0.05, 0) is 62.6 Å². The highest BCUT2D eigenvalue weighted by molar-refractivity contribution is 5.98. The van der Waals surface area contributed by atoms with Crippen molar-refractivity contribution in [3.05, 3.63) is 52.2 Å². The van der Waals surface area contributed by atoms with Crippen LogP contribution in [0.3, 0.4) is 0 Å². The Bertz CT molecular complexity index is 1230. The first-order valence-electron chi connectivity index (χ1n) is 11.4. The molecule has 0 spiro atoms. The molecule has 0 saturated heterocycles. The van der Waals surface area contributed by atoms with Gasteiger partial charge in [0.05, 0.1) is 36.0 Å². The minimum atomic E-state index is -0.473. The van der Waals surface area contributed by atoms with E-state index in [2.05, 4.69) is 15.0 Å². The van der Waals surface area contributed by atoms with Gasteiger partial charge in [-0.1, -0.05) is 0 Å². The fourth-order valence-corrected chi connectivity index (χ4v) is 4.96. The van der Waals surface area contributed by atoms with Crippen molar-refractivity contribution in [2.45, 2.75) is 70.2 Å². The average Bonchev–Trinajstić information content (AvgIpc) is 3.31. The summed E-state index contributed by atoms with van der Waals surface area (Å²) in [6.45, 7) is 2.74. The van der Waals surface area contributed by atoms with Crippen molar-refractivity contribution < 1.29 is 13.9 Å². The van der Waals surface area contributed by atoms with Crippen molar-refractivity contribution in [1.82, 2.24) is 19.9 Å². The lowest BCUT2D eigenvalue weighted by atomic mass is 9.89. The Morgan fingerprint density at radius 2 is 2.03 bits per heavy atom. The first kappa shape index (κ1) is 19.7. The van der Waals surface area contributed by atoms with Gasteiger partial charge in [-0.15, -0.1) is 0 Å². The van der Waals surface area contributed by atoms with Crippen molar-refractivity contribution in [2.24, 2.45) is 0 Å². The normalized spacial score (nSPS) is 19.1. The number of halogens is 1. The third kappa shape index (κ3) is 3.08. The van der Waals surface area contributed by atoms with E-state index in [0.29, 0.717) is 41.9 Å². The SMILES string of the molecule is C[C@@H](c1ncc(C2CC2)cc1F)N(C(=O)c1cc2nc(N)c3c(c2[nH]1)COC3)C1CCC1. The number of carbonyl (C=O) groups excluding carboxylic acids is 1. The highest BCUT2D eigenvalue weighted by Gasteiger charge is 2.36. The fraction of sp³-hybridized carbons (Fsp3) is 0.458. The molecular formula is C24H26FN5O2. The number of carbonyl (C=O) groups is 1. The maximum Gasteiger partial charge on any atom is 0.271 e. The standard InChI is InChI=1S/C24H26FN5O2/c1-12(21-18(25)7-14(9-27-21)13-5-6-13)30(15-3-2-4-15)24(31)20-8-19-22(28-20)16-10-32-11-17(16)23(26)29-19/h7-9,12-13,15,28H,2-6,10-11H2,1H3,(H2,26,29)/t12-/m0/s1. The summed E-state index contributed by atoms with van der Waals surface area (Å²) in [6.07, 6.45) is 6.84. The maximum atomic E-state index is 15.0. The average molecular weight is 436 g/mol. The number of amides is 1. The number of H-pyrrole nitrogens is 1. The Morgan fingerprint density at radius 3 is 2.72 bits per heavy atom. The largest absolute Gasteiger partial charge is 0.383 e. The Morgan fingerprint density at radius 1 is 1.25 bits per heavy atom. The van der Waals surface area contributed by atoms with E-state index in [1.54, 1.807) is 23.2 Å². The van der Waals surface area contributed by atoms with E-state index in [9.17, 15) is 4.79 Å². The molecule has 3 aromatic rings. The Hall–Kier alpha value is -3.00. The number of rotatable bonds is 5. The summed E-state index contributed by atoms with van der Waals surface area (Å²) < 4.78 is 20.6. The molecule has 1 atom stereocenters. The van der Waals surface area contributed by atoms with Crippen LogP contribution >= 0.6 is 0 Å². The summed E-state index contributed by atoms with van der Waals surface area (Å²) in [7, 11) is 0. The molecule has 2 fully saturated rings. The number of pyridine rings is 2. The third-order valence-electron chi connectivity index (χ3n) is 7.19. The molecule has 3 aromatic heterocycles. The van der Waals surface area contributed by atoms with Crippen LogP contribution in [0, 0.1) is 5.82 Å². The first-order valence-corrected chi connectivity index (χ1v) is 11.4. The van der Waals surface area contributed by atoms with E-state index in [0.717, 1.165) is 54.3 Å². The highest BCUT2D eigenvalue weighted by atomic mass is 19.1. The molecule has 8 heteroatoms. The van der Waals surface area contributed by atoms with E-state index in [1.807, 2.05) is 6.92 Å². The molecule has 1 amide bonds. The Labute approximate surface area is 185 Å². The molecule has 32 heavy (non-hydrogen) atoms. The number of aromatic nitrogens is 3. The Kier molecular flexibility index (Phi) is 4.47. The highest BCUT2D eigenvalue weighted by Crippen LogP contribution is 2.41. The predicted molar refractivity (Wildman–Crippen MR) is 117 cm³/mol. The summed E-state index contributed by atoms with van der Waals surface area (Å²) in [5.74, 6) is 0.371. The summed E-state index contributed by atoms with van der Waals surface area (Å²) in [5, 5.41) is 0. The molecule has 3 N–H and O–H groups in total. The van der Waals surface area contributed by atoms with Crippen molar-refractivity contribution in [1.29, 1.82) is 0 Å². The summed E-state index contributed by atoms with van der Waals surface area (Å²) in [5.41, 5.74) is 11.1. The van der Waals surface area contributed by atoms with Crippen LogP contribution in [0.4, 0.5) is 10.2 Å². The smallest absolute Gasteiger partial charge is 0.271 e. The van der Waals surface area contributed by atoms with E-state index in [4.69, 9.17) is 10.5 Å². The minimum Gasteiger partial charge on any atom is -0.383 e. The van der Waals surface area contributed by atoms with Crippen LogP contribution in [0.2, 0.25) is 0 Å². The molecule has 0 unspecified atom stereocenters. The summed E-state index contributed by atoms with van der Waals surface area (Å²) in [6, 6.07) is 2.93. The number of nitrogens with one attached hydrogen (secondary N) is 1. The van der Waals surface area contributed by atoms with Crippen LogP contribution in [-0.2, 0) is 18.0 Å². The van der Waals surface area contributed by atoms with E-state index in [-0.39, 0.29) is 17.8 Å². The van der Waals surface area contributed by atoms with Crippen molar-refractivity contribution in [3.8, 4) is 0 Å². The summed E-state index contributed by atoms with van der Waals surface area (Å²) in [4.78, 5) is 27.7. The fourth-order valence-electron chi connectivity index (χ4n) is 4.96. The molecule has 7 nitrogen and oxygen atoms in total.